The zero-order chi connectivity index (χ0) is 14.8. The molecule has 1 aromatic carbocycles. The lowest BCUT2D eigenvalue weighted by molar-refractivity contribution is 0.0672. The number of nitrogens with zero attached hydrogens (tertiary/aromatic N) is 4. The first kappa shape index (κ1) is 13.8. The molecular formula is C16H20N4O. The smallest absolute Gasteiger partial charge is 0.253 e. The average molecular weight is 284 g/mol. The Balaban J connectivity index is 1.76. The minimum atomic E-state index is 0.114. The molecule has 5 nitrogen and oxygen atoms in total. The zero-order valence-electron chi connectivity index (χ0n) is 12.5. The molecule has 0 aliphatic carbocycles. The Kier molecular flexibility index (Phi) is 3.73. The summed E-state index contributed by atoms with van der Waals surface area (Å²) >= 11 is 0. The SMILES string of the molecule is Cc1ccc(C(=O)N2CCC[C@@H](n3cncn3)C2)cc1C. The van der Waals surface area contributed by atoms with Crippen molar-refractivity contribution < 1.29 is 4.79 Å². The molecule has 0 bridgehead atoms. The van der Waals surface area contributed by atoms with Gasteiger partial charge in [-0.1, -0.05) is 6.07 Å². The molecule has 1 aromatic heterocycles. The number of hydrogen-bond donors (Lipinski definition) is 0. The molecule has 1 saturated heterocycles. The summed E-state index contributed by atoms with van der Waals surface area (Å²) in [6.07, 6.45) is 5.32. The van der Waals surface area contributed by atoms with Gasteiger partial charge in [0, 0.05) is 18.7 Å². The molecule has 1 aliphatic heterocycles. The number of carbonyl (C=O) groups is 1. The highest BCUT2D eigenvalue weighted by molar-refractivity contribution is 5.94. The Morgan fingerprint density at radius 1 is 1.29 bits per heavy atom. The van der Waals surface area contributed by atoms with E-state index in [-0.39, 0.29) is 11.9 Å². The molecule has 0 radical (unpaired) electrons. The van der Waals surface area contributed by atoms with Crippen LogP contribution in [-0.2, 0) is 0 Å². The van der Waals surface area contributed by atoms with Crippen molar-refractivity contribution in [3.63, 3.8) is 0 Å². The van der Waals surface area contributed by atoms with E-state index in [4.69, 9.17) is 0 Å². The van der Waals surface area contributed by atoms with Gasteiger partial charge in [-0.2, -0.15) is 5.10 Å². The second-order valence-corrected chi connectivity index (χ2v) is 5.72. The van der Waals surface area contributed by atoms with E-state index in [2.05, 4.69) is 17.0 Å². The summed E-state index contributed by atoms with van der Waals surface area (Å²) in [5.74, 6) is 0.114. The number of hydrogen-bond acceptors (Lipinski definition) is 3. The molecule has 0 unspecified atom stereocenters. The number of aryl methyl sites for hydroxylation is 2. The van der Waals surface area contributed by atoms with Gasteiger partial charge in [0.1, 0.15) is 12.7 Å². The quantitative estimate of drug-likeness (QED) is 0.850. The maximum atomic E-state index is 12.7. The summed E-state index contributed by atoms with van der Waals surface area (Å²) in [5, 5.41) is 4.20. The third kappa shape index (κ3) is 2.82. The van der Waals surface area contributed by atoms with Crippen LogP contribution in [0.2, 0.25) is 0 Å². The maximum Gasteiger partial charge on any atom is 0.253 e. The topological polar surface area (TPSA) is 51.0 Å². The molecule has 5 heteroatoms. The molecule has 0 N–H and O–H groups in total. The number of benzene rings is 1. The van der Waals surface area contributed by atoms with E-state index in [9.17, 15) is 4.79 Å². The number of carbonyl (C=O) groups excluding carboxylic acids is 1. The van der Waals surface area contributed by atoms with E-state index in [0.29, 0.717) is 6.54 Å². The minimum absolute atomic E-state index is 0.114. The van der Waals surface area contributed by atoms with Crippen LogP contribution in [-0.4, -0.2) is 38.7 Å². The lowest BCUT2D eigenvalue weighted by atomic mass is 10.0. The van der Waals surface area contributed by atoms with Crippen molar-refractivity contribution in [3.8, 4) is 0 Å². The number of amides is 1. The summed E-state index contributed by atoms with van der Waals surface area (Å²) in [4.78, 5) is 18.6. The molecule has 2 heterocycles. The van der Waals surface area contributed by atoms with Crippen molar-refractivity contribution in [2.75, 3.05) is 13.1 Å². The first-order valence-corrected chi connectivity index (χ1v) is 7.36. The van der Waals surface area contributed by atoms with E-state index < -0.39 is 0 Å². The minimum Gasteiger partial charge on any atom is -0.337 e. The summed E-state index contributed by atoms with van der Waals surface area (Å²) in [6, 6.07) is 6.15. The Hall–Kier alpha value is -2.17. The van der Waals surface area contributed by atoms with Crippen molar-refractivity contribution in [1.29, 1.82) is 0 Å². The Bertz CT molecular complexity index is 636. The second kappa shape index (κ2) is 5.68. The second-order valence-electron chi connectivity index (χ2n) is 5.72. The standard InChI is InChI=1S/C16H20N4O/c1-12-5-6-14(8-13(12)2)16(21)19-7-3-4-15(9-19)20-11-17-10-18-20/h5-6,8,10-11,15H,3-4,7,9H2,1-2H3/t15-/m1/s1. The fraction of sp³-hybridized carbons (Fsp3) is 0.438. The Morgan fingerprint density at radius 3 is 2.86 bits per heavy atom. The van der Waals surface area contributed by atoms with Crippen LogP contribution in [0.4, 0.5) is 0 Å². The highest BCUT2D eigenvalue weighted by Crippen LogP contribution is 2.22. The third-order valence-corrected chi connectivity index (χ3v) is 4.25. The maximum absolute atomic E-state index is 12.7. The lowest BCUT2D eigenvalue weighted by Gasteiger charge is -2.32. The van der Waals surface area contributed by atoms with Gasteiger partial charge in [0.15, 0.2) is 0 Å². The van der Waals surface area contributed by atoms with Crippen molar-refractivity contribution in [3.05, 3.63) is 47.5 Å². The van der Waals surface area contributed by atoms with Crippen LogP contribution in [0.15, 0.2) is 30.9 Å². The van der Waals surface area contributed by atoms with Crippen LogP contribution in [0.5, 0.6) is 0 Å². The monoisotopic (exact) mass is 284 g/mol. The van der Waals surface area contributed by atoms with E-state index in [1.807, 2.05) is 34.7 Å². The Labute approximate surface area is 124 Å². The number of aromatic nitrogens is 3. The highest BCUT2D eigenvalue weighted by Gasteiger charge is 2.25. The van der Waals surface area contributed by atoms with E-state index in [1.165, 1.54) is 5.56 Å². The van der Waals surface area contributed by atoms with Crippen molar-refractivity contribution in [2.24, 2.45) is 0 Å². The van der Waals surface area contributed by atoms with Gasteiger partial charge in [0.25, 0.3) is 5.91 Å². The van der Waals surface area contributed by atoms with Crippen LogP contribution in [0.1, 0.15) is 40.4 Å². The molecule has 1 fully saturated rings. The Morgan fingerprint density at radius 2 is 2.14 bits per heavy atom. The molecule has 3 rings (SSSR count). The summed E-state index contributed by atoms with van der Waals surface area (Å²) in [5.41, 5.74) is 3.15. The first-order chi connectivity index (χ1) is 10.1. The van der Waals surface area contributed by atoms with Gasteiger partial charge in [-0.25, -0.2) is 9.67 Å². The van der Waals surface area contributed by atoms with E-state index in [1.54, 1.807) is 12.7 Å². The molecule has 0 saturated carbocycles. The normalized spacial score (nSPS) is 18.8. The van der Waals surface area contributed by atoms with Gasteiger partial charge in [-0.15, -0.1) is 0 Å². The van der Waals surface area contributed by atoms with Gasteiger partial charge in [0.05, 0.1) is 6.04 Å². The van der Waals surface area contributed by atoms with Gasteiger partial charge < -0.3 is 4.90 Å². The fourth-order valence-corrected chi connectivity index (χ4v) is 2.82. The summed E-state index contributed by atoms with van der Waals surface area (Å²) < 4.78 is 1.86. The van der Waals surface area contributed by atoms with E-state index >= 15 is 0 Å². The van der Waals surface area contributed by atoms with Crippen LogP contribution in [0.25, 0.3) is 0 Å². The van der Waals surface area contributed by atoms with Gasteiger partial charge in [-0.05, 0) is 49.9 Å². The third-order valence-electron chi connectivity index (χ3n) is 4.25. The highest BCUT2D eigenvalue weighted by atomic mass is 16.2. The largest absolute Gasteiger partial charge is 0.337 e. The molecule has 1 amide bonds. The van der Waals surface area contributed by atoms with Gasteiger partial charge >= 0.3 is 0 Å². The van der Waals surface area contributed by atoms with Crippen molar-refractivity contribution in [2.45, 2.75) is 32.7 Å². The number of likely N-dealkylation sites (tertiary alicyclic amines) is 1. The van der Waals surface area contributed by atoms with Crippen molar-refractivity contribution >= 4 is 5.91 Å². The van der Waals surface area contributed by atoms with E-state index in [0.717, 1.165) is 30.5 Å². The molecule has 2 aromatic rings. The van der Waals surface area contributed by atoms with Crippen molar-refractivity contribution in [1.82, 2.24) is 19.7 Å². The molecule has 21 heavy (non-hydrogen) atoms. The van der Waals surface area contributed by atoms with Crippen LogP contribution in [0.3, 0.4) is 0 Å². The summed E-state index contributed by atoms with van der Waals surface area (Å²) in [6.45, 7) is 5.62. The molecule has 110 valence electrons. The lowest BCUT2D eigenvalue weighted by Crippen LogP contribution is -2.40. The number of rotatable bonds is 2. The predicted octanol–water partition coefficient (Wildman–Crippen LogP) is 2.37. The number of piperidine rings is 1. The fourth-order valence-electron chi connectivity index (χ4n) is 2.82. The van der Waals surface area contributed by atoms with Crippen LogP contribution < -0.4 is 0 Å². The average Bonchev–Trinajstić information content (AvgIpc) is 3.04. The van der Waals surface area contributed by atoms with Gasteiger partial charge in [0.2, 0.25) is 0 Å². The zero-order valence-corrected chi connectivity index (χ0v) is 12.5. The van der Waals surface area contributed by atoms with Crippen LogP contribution >= 0.6 is 0 Å². The van der Waals surface area contributed by atoms with Gasteiger partial charge in [-0.3, -0.25) is 4.79 Å². The molecule has 0 spiro atoms. The van der Waals surface area contributed by atoms with Crippen LogP contribution in [0, 0.1) is 13.8 Å². The molecule has 1 aliphatic rings. The predicted molar refractivity (Wildman–Crippen MR) is 80.1 cm³/mol. The molecule has 1 atom stereocenters. The first-order valence-electron chi connectivity index (χ1n) is 7.36. The molecular weight excluding hydrogens is 264 g/mol. The summed E-state index contributed by atoms with van der Waals surface area (Å²) in [7, 11) is 0.